The lowest BCUT2D eigenvalue weighted by molar-refractivity contribution is -0.130. The van der Waals surface area contributed by atoms with Crippen LogP contribution in [0.1, 0.15) is 27.2 Å². The average Bonchev–Trinajstić information content (AvgIpc) is 2.00. The normalized spacial score (nSPS) is 16.5. The fraction of sp³-hybridized carbons (Fsp3) is 0.900. The van der Waals surface area contributed by atoms with Crippen molar-refractivity contribution < 1.29 is 9.53 Å². The maximum absolute atomic E-state index is 11.4. The molecule has 1 fully saturated rings. The summed E-state index contributed by atoms with van der Waals surface area (Å²) in [7, 11) is 0. The first-order valence-electron chi connectivity index (χ1n) is 5.17. The van der Waals surface area contributed by atoms with Crippen LogP contribution in [0.4, 0.5) is 0 Å². The molecule has 0 aromatic carbocycles. The van der Waals surface area contributed by atoms with Crippen molar-refractivity contribution in [3.05, 3.63) is 0 Å². The van der Waals surface area contributed by atoms with Crippen LogP contribution in [0.25, 0.3) is 0 Å². The molecule has 90 valence electrons. The second kappa shape index (κ2) is 6.30. The number of hydrogen-bond acceptors (Lipinski definition) is 3. The zero-order valence-electron chi connectivity index (χ0n) is 9.63. The third-order valence-electron chi connectivity index (χ3n) is 2.56. The lowest BCUT2D eigenvalue weighted by Gasteiger charge is -2.28. The Kier molecular flexibility index (Phi) is 6.17. The lowest BCUT2D eigenvalue weighted by Crippen LogP contribution is -2.51. The molecule has 0 aromatic rings. The summed E-state index contributed by atoms with van der Waals surface area (Å²) < 4.78 is 5.36. The summed E-state index contributed by atoms with van der Waals surface area (Å²) in [5, 5.41) is 6.01. The Morgan fingerprint density at radius 3 is 2.53 bits per heavy atom. The third kappa shape index (κ3) is 5.35. The van der Waals surface area contributed by atoms with E-state index in [0.29, 0.717) is 0 Å². The van der Waals surface area contributed by atoms with E-state index in [2.05, 4.69) is 17.6 Å². The summed E-state index contributed by atoms with van der Waals surface area (Å²) in [4.78, 5) is 11.4. The van der Waals surface area contributed by atoms with Gasteiger partial charge >= 0.3 is 0 Å². The molecule has 15 heavy (non-hydrogen) atoms. The molecule has 4 nitrogen and oxygen atoms in total. The number of hydrogen-bond donors (Lipinski definition) is 2. The van der Waals surface area contributed by atoms with E-state index in [1.165, 1.54) is 0 Å². The van der Waals surface area contributed by atoms with Crippen LogP contribution in [0, 0.1) is 0 Å². The van der Waals surface area contributed by atoms with Gasteiger partial charge in [0.2, 0.25) is 5.91 Å². The van der Waals surface area contributed by atoms with E-state index in [1.54, 1.807) is 0 Å². The smallest absolute Gasteiger partial charge is 0.246 e. The van der Waals surface area contributed by atoms with E-state index < -0.39 is 0 Å². The Balaban J connectivity index is 0.00000196. The summed E-state index contributed by atoms with van der Waals surface area (Å²) in [5.41, 5.74) is -0.127. The standard InChI is InChI=1S/C10H20N2O2.ClH/c1-4-10(2,3)12-9(13)7-14-8-5-11-6-8;/h8,11H,4-7H2,1-3H3,(H,12,13);1H. The van der Waals surface area contributed by atoms with Crippen LogP contribution in [0.3, 0.4) is 0 Å². The number of rotatable bonds is 5. The maximum Gasteiger partial charge on any atom is 0.246 e. The fourth-order valence-corrected chi connectivity index (χ4v) is 1.08. The van der Waals surface area contributed by atoms with Gasteiger partial charge in [0, 0.05) is 18.6 Å². The maximum atomic E-state index is 11.4. The number of ether oxygens (including phenoxy) is 1. The second-order valence-electron chi connectivity index (χ2n) is 4.38. The second-order valence-corrected chi connectivity index (χ2v) is 4.38. The minimum Gasteiger partial charge on any atom is -0.366 e. The molecule has 0 radical (unpaired) electrons. The van der Waals surface area contributed by atoms with E-state index in [-0.39, 0.29) is 36.6 Å². The quantitative estimate of drug-likeness (QED) is 0.739. The van der Waals surface area contributed by atoms with Crippen LogP contribution < -0.4 is 10.6 Å². The Morgan fingerprint density at radius 2 is 2.13 bits per heavy atom. The Hall–Kier alpha value is -0.320. The molecule has 5 heteroatoms. The van der Waals surface area contributed by atoms with Crippen LogP contribution >= 0.6 is 12.4 Å². The fourth-order valence-electron chi connectivity index (χ4n) is 1.08. The highest BCUT2D eigenvalue weighted by Crippen LogP contribution is 2.06. The Morgan fingerprint density at radius 1 is 1.53 bits per heavy atom. The van der Waals surface area contributed by atoms with Crippen molar-refractivity contribution in [3.63, 3.8) is 0 Å². The number of halogens is 1. The first kappa shape index (κ1) is 14.7. The minimum absolute atomic E-state index is 0. The highest BCUT2D eigenvalue weighted by Gasteiger charge is 2.21. The van der Waals surface area contributed by atoms with Gasteiger partial charge in [-0.25, -0.2) is 0 Å². The van der Waals surface area contributed by atoms with Gasteiger partial charge in [-0.15, -0.1) is 12.4 Å². The van der Waals surface area contributed by atoms with Crippen molar-refractivity contribution in [3.8, 4) is 0 Å². The highest BCUT2D eigenvalue weighted by molar-refractivity contribution is 5.85. The predicted molar refractivity (Wildman–Crippen MR) is 62.4 cm³/mol. The van der Waals surface area contributed by atoms with Crippen LogP contribution in [0.5, 0.6) is 0 Å². The van der Waals surface area contributed by atoms with Crippen molar-refractivity contribution in [1.29, 1.82) is 0 Å². The molecule has 0 aliphatic carbocycles. The SMILES string of the molecule is CCC(C)(C)NC(=O)COC1CNC1.Cl. The van der Waals surface area contributed by atoms with Crippen molar-refractivity contribution in [2.75, 3.05) is 19.7 Å². The number of nitrogens with one attached hydrogen (secondary N) is 2. The molecule has 1 aliphatic heterocycles. The molecule has 0 atom stereocenters. The lowest BCUT2D eigenvalue weighted by atomic mass is 10.0. The molecule has 0 bridgehead atoms. The van der Waals surface area contributed by atoms with E-state index in [1.807, 2.05) is 13.8 Å². The van der Waals surface area contributed by atoms with Gasteiger partial charge < -0.3 is 15.4 Å². The molecule has 0 saturated carbocycles. The molecule has 0 aromatic heterocycles. The molecule has 1 heterocycles. The van der Waals surface area contributed by atoms with Gasteiger partial charge in [-0.2, -0.15) is 0 Å². The molecule has 1 rings (SSSR count). The van der Waals surface area contributed by atoms with Crippen molar-refractivity contribution in [2.45, 2.75) is 38.8 Å². The summed E-state index contributed by atoms with van der Waals surface area (Å²) in [6.45, 7) is 7.98. The topological polar surface area (TPSA) is 50.4 Å². The molecular weight excluding hydrogens is 216 g/mol. The van der Waals surface area contributed by atoms with Gasteiger partial charge in [0.15, 0.2) is 0 Å². The first-order valence-corrected chi connectivity index (χ1v) is 5.17. The van der Waals surface area contributed by atoms with Gasteiger partial charge in [0.05, 0.1) is 6.10 Å². The van der Waals surface area contributed by atoms with Gasteiger partial charge in [-0.1, -0.05) is 6.92 Å². The van der Waals surface area contributed by atoms with Gasteiger partial charge in [0.1, 0.15) is 6.61 Å². The third-order valence-corrected chi connectivity index (χ3v) is 2.56. The van der Waals surface area contributed by atoms with Gasteiger partial charge in [-0.3, -0.25) is 4.79 Å². The average molecular weight is 237 g/mol. The number of amides is 1. The van der Waals surface area contributed by atoms with E-state index >= 15 is 0 Å². The highest BCUT2D eigenvalue weighted by atomic mass is 35.5. The van der Waals surface area contributed by atoms with Crippen LogP contribution in [0.2, 0.25) is 0 Å². The van der Waals surface area contributed by atoms with E-state index in [9.17, 15) is 4.79 Å². The molecule has 1 aliphatic rings. The summed E-state index contributed by atoms with van der Waals surface area (Å²) in [5.74, 6) is -0.0243. The molecule has 0 spiro atoms. The molecule has 1 amide bonds. The molecule has 0 unspecified atom stereocenters. The summed E-state index contributed by atoms with van der Waals surface area (Å²) >= 11 is 0. The minimum atomic E-state index is -0.127. The number of carbonyl (C=O) groups is 1. The Labute approximate surface area is 97.5 Å². The predicted octanol–water partition coefficient (Wildman–Crippen LogP) is 0.701. The number of carbonyl (C=O) groups excluding carboxylic acids is 1. The van der Waals surface area contributed by atoms with E-state index in [0.717, 1.165) is 19.5 Å². The van der Waals surface area contributed by atoms with Crippen LogP contribution in [-0.2, 0) is 9.53 Å². The van der Waals surface area contributed by atoms with Crippen molar-refractivity contribution in [2.24, 2.45) is 0 Å². The summed E-state index contributed by atoms with van der Waals surface area (Å²) in [6, 6.07) is 0. The van der Waals surface area contributed by atoms with Crippen molar-refractivity contribution in [1.82, 2.24) is 10.6 Å². The zero-order valence-corrected chi connectivity index (χ0v) is 10.4. The van der Waals surface area contributed by atoms with Crippen LogP contribution in [-0.4, -0.2) is 37.2 Å². The first-order chi connectivity index (χ1) is 6.53. The summed E-state index contributed by atoms with van der Waals surface area (Å²) in [6.07, 6.45) is 1.15. The van der Waals surface area contributed by atoms with E-state index in [4.69, 9.17) is 4.74 Å². The Bertz CT molecular complexity index is 206. The van der Waals surface area contributed by atoms with Crippen molar-refractivity contribution >= 4 is 18.3 Å². The van der Waals surface area contributed by atoms with Gasteiger partial charge in [-0.05, 0) is 20.3 Å². The van der Waals surface area contributed by atoms with Gasteiger partial charge in [0.25, 0.3) is 0 Å². The largest absolute Gasteiger partial charge is 0.366 e. The monoisotopic (exact) mass is 236 g/mol. The molecule has 1 saturated heterocycles. The zero-order chi connectivity index (χ0) is 10.6. The molecular formula is C10H21ClN2O2. The van der Waals surface area contributed by atoms with Crippen LogP contribution in [0.15, 0.2) is 0 Å². The molecule has 2 N–H and O–H groups in total.